The van der Waals surface area contributed by atoms with E-state index in [4.69, 9.17) is 0 Å². The second kappa shape index (κ2) is 20.6. The molecule has 0 spiro atoms. The van der Waals surface area contributed by atoms with Crippen LogP contribution in [-0.2, 0) is 10.8 Å². The fraction of sp³-hybridized carbons (Fsp3) is 0.122. The van der Waals surface area contributed by atoms with Crippen molar-refractivity contribution in [3.63, 3.8) is 0 Å². The maximum absolute atomic E-state index is 2.45. The maximum atomic E-state index is 2.45. The lowest BCUT2D eigenvalue weighted by molar-refractivity contribution is 0.660. The van der Waals surface area contributed by atoms with Gasteiger partial charge in [0.2, 0.25) is 0 Å². The van der Waals surface area contributed by atoms with Crippen LogP contribution in [0.4, 0.5) is 34.1 Å². The van der Waals surface area contributed by atoms with Gasteiger partial charge in [0.15, 0.2) is 0 Å². The minimum atomic E-state index is -0.187. The van der Waals surface area contributed by atoms with Gasteiger partial charge in [-0.2, -0.15) is 0 Å². The molecule has 0 N–H and O–H groups in total. The molecule has 0 atom stereocenters. The predicted octanol–water partition coefficient (Wildman–Crippen LogP) is 22.8. The fourth-order valence-corrected chi connectivity index (χ4v) is 13.8. The van der Waals surface area contributed by atoms with Gasteiger partial charge in [-0.3, -0.25) is 0 Å². The minimum Gasteiger partial charge on any atom is -0.310 e. The van der Waals surface area contributed by atoms with Crippen molar-refractivity contribution in [3.8, 4) is 33.4 Å². The van der Waals surface area contributed by atoms with Crippen molar-refractivity contribution in [2.45, 2.75) is 66.2 Å². The van der Waals surface area contributed by atoms with E-state index in [0.717, 1.165) is 0 Å². The summed E-state index contributed by atoms with van der Waals surface area (Å²) in [5.41, 5.74) is 29.5. The molecule has 0 saturated heterocycles. The highest BCUT2D eigenvalue weighted by molar-refractivity contribution is 6.01. The van der Waals surface area contributed by atoms with Crippen LogP contribution in [0.3, 0.4) is 0 Å². The first-order chi connectivity index (χ1) is 40.7. The number of aryl methyl sites for hydroxylation is 4. The van der Waals surface area contributed by atoms with Crippen LogP contribution in [0.1, 0.15) is 94.5 Å². The van der Waals surface area contributed by atoms with Crippen LogP contribution in [0.25, 0.3) is 79.2 Å². The Balaban J connectivity index is 0.667. The Hall–Kier alpha value is -9.76. The lowest BCUT2D eigenvalue weighted by Crippen LogP contribution is -2.17. The minimum absolute atomic E-state index is 0.187. The van der Waals surface area contributed by atoms with Crippen LogP contribution in [-0.4, -0.2) is 0 Å². The van der Waals surface area contributed by atoms with E-state index in [9.17, 15) is 0 Å². The summed E-state index contributed by atoms with van der Waals surface area (Å²) >= 11 is 0. The highest BCUT2D eigenvalue weighted by atomic mass is 15.1. The third-order valence-electron chi connectivity index (χ3n) is 17.9. The zero-order valence-electron chi connectivity index (χ0n) is 49.3. The zero-order valence-corrected chi connectivity index (χ0v) is 49.3. The first kappa shape index (κ1) is 52.3. The van der Waals surface area contributed by atoms with Gasteiger partial charge in [0, 0.05) is 44.4 Å². The van der Waals surface area contributed by atoms with Crippen LogP contribution in [0.2, 0.25) is 0 Å². The summed E-state index contributed by atoms with van der Waals surface area (Å²) < 4.78 is 0. The molecule has 12 aromatic carbocycles. The Kier molecular flexibility index (Phi) is 12.8. The first-order valence-corrected chi connectivity index (χ1v) is 29.6. The van der Waals surface area contributed by atoms with Crippen molar-refractivity contribution < 1.29 is 0 Å². The molecule has 0 radical (unpaired) electrons. The van der Waals surface area contributed by atoms with E-state index in [2.05, 4.69) is 332 Å². The smallest absolute Gasteiger partial charge is 0.0540 e. The largest absolute Gasteiger partial charge is 0.310 e. The molecule has 0 heterocycles. The Labute approximate surface area is 496 Å². The molecule has 0 aliphatic heterocycles. The fourth-order valence-electron chi connectivity index (χ4n) is 13.8. The molecule has 0 saturated carbocycles. The van der Waals surface area contributed by atoms with E-state index in [-0.39, 0.29) is 10.8 Å². The number of rotatable bonds is 11. The third-order valence-corrected chi connectivity index (χ3v) is 17.9. The van der Waals surface area contributed by atoms with Gasteiger partial charge in [-0.25, -0.2) is 0 Å². The van der Waals surface area contributed by atoms with Crippen molar-refractivity contribution in [2.24, 2.45) is 0 Å². The molecule has 0 aromatic heterocycles. The van der Waals surface area contributed by atoms with Crippen molar-refractivity contribution in [1.29, 1.82) is 0 Å². The van der Waals surface area contributed by atoms with E-state index < -0.39 is 0 Å². The highest BCUT2D eigenvalue weighted by Gasteiger charge is 2.38. The van der Waals surface area contributed by atoms with Crippen LogP contribution in [0, 0.1) is 27.7 Å². The van der Waals surface area contributed by atoms with Crippen molar-refractivity contribution in [3.05, 3.63) is 309 Å². The molecule has 12 aromatic rings. The molecule has 2 heteroatoms. The molecule has 2 aliphatic rings. The van der Waals surface area contributed by atoms with E-state index >= 15 is 0 Å². The summed E-state index contributed by atoms with van der Waals surface area (Å²) in [6.45, 7) is 18.3. The first-order valence-electron chi connectivity index (χ1n) is 29.6. The second-order valence-electron chi connectivity index (χ2n) is 24.6. The molecule has 0 bridgehead atoms. The summed E-state index contributed by atoms with van der Waals surface area (Å²) in [5, 5.41) is 4.94. The molecule has 14 rings (SSSR count). The Bertz CT molecular complexity index is 4290. The number of nitrogens with zero attached hydrogens (tertiary/aromatic N) is 2. The van der Waals surface area contributed by atoms with E-state index in [1.165, 1.54) is 156 Å². The average Bonchev–Trinajstić information content (AvgIpc) is 3.51. The summed E-state index contributed by atoms with van der Waals surface area (Å²) in [4.78, 5) is 4.90. The number of hydrogen-bond donors (Lipinski definition) is 0. The maximum Gasteiger partial charge on any atom is 0.0540 e. The van der Waals surface area contributed by atoms with E-state index in [1.807, 2.05) is 0 Å². The lowest BCUT2D eigenvalue weighted by atomic mass is 9.81. The van der Waals surface area contributed by atoms with Crippen molar-refractivity contribution in [1.82, 2.24) is 0 Å². The van der Waals surface area contributed by atoms with Crippen molar-refractivity contribution in [2.75, 3.05) is 9.80 Å². The van der Waals surface area contributed by atoms with Crippen LogP contribution < -0.4 is 9.80 Å². The molecule has 2 aliphatic carbocycles. The predicted molar refractivity (Wildman–Crippen MR) is 361 cm³/mol. The van der Waals surface area contributed by atoms with Gasteiger partial charge >= 0.3 is 0 Å². The quantitative estimate of drug-likeness (QED) is 0.119. The third kappa shape index (κ3) is 9.33. The Morgan fingerprint density at radius 2 is 0.595 bits per heavy atom. The second-order valence-corrected chi connectivity index (χ2v) is 24.6. The SMILES string of the molecule is Cc1cc(C)cc(N(c2ccc3c(c2)C(C)(C)c2cc(C=Cc4ccc(-c5ccc(C=Cc6ccc7c(c6)C(C)(C)c6cc(N(c8cc(C)cc(C)c8)c8cccc9ccccc89)ccc6-7)cc5)cc4)ccc2-3)c2cccc3ccccc23)c1. The number of hydrogen-bond acceptors (Lipinski definition) is 2. The molecular weight excluding hydrogens is 1010 g/mol. The number of anilines is 6. The van der Waals surface area contributed by atoms with Crippen LogP contribution in [0.15, 0.2) is 243 Å². The normalized spacial score (nSPS) is 13.6. The molecule has 2 nitrogen and oxygen atoms in total. The molecular formula is C82H68N2. The average molecular weight is 1080 g/mol. The van der Waals surface area contributed by atoms with Crippen LogP contribution in [0.5, 0.6) is 0 Å². The van der Waals surface area contributed by atoms with Gasteiger partial charge in [-0.05, 0) is 199 Å². The lowest BCUT2D eigenvalue weighted by Gasteiger charge is -2.29. The summed E-state index contributed by atoms with van der Waals surface area (Å²) in [5.74, 6) is 0. The van der Waals surface area contributed by atoms with E-state index in [0.29, 0.717) is 0 Å². The van der Waals surface area contributed by atoms with Crippen molar-refractivity contribution >= 4 is 80.0 Å². The van der Waals surface area contributed by atoms with Gasteiger partial charge in [0.1, 0.15) is 0 Å². The molecule has 84 heavy (non-hydrogen) atoms. The van der Waals surface area contributed by atoms with Gasteiger partial charge in [-0.1, -0.05) is 234 Å². The van der Waals surface area contributed by atoms with E-state index in [1.54, 1.807) is 0 Å². The number of fused-ring (bicyclic) bond motifs is 8. The summed E-state index contributed by atoms with van der Waals surface area (Å²) in [6, 6.07) is 90.5. The van der Waals surface area contributed by atoms with Gasteiger partial charge in [-0.15, -0.1) is 0 Å². The highest BCUT2D eigenvalue weighted by Crippen LogP contribution is 2.54. The topological polar surface area (TPSA) is 6.48 Å². The molecule has 406 valence electrons. The summed E-state index contributed by atoms with van der Waals surface area (Å²) in [7, 11) is 0. The van der Waals surface area contributed by atoms with Gasteiger partial charge in [0.25, 0.3) is 0 Å². The molecule has 0 fully saturated rings. The number of benzene rings is 12. The Morgan fingerprint density at radius 3 is 0.988 bits per heavy atom. The summed E-state index contributed by atoms with van der Waals surface area (Å²) in [6.07, 6.45) is 9.00. The van der Waals surface area contributed by atoms with Gasteiger partial charge in [0.05, 0.1) is 11.4 Å². The monoisotopic (exact) mass is 1080 g/mol. The zero-order chi connectivity index (χ0) is 57.4. The van der Waals surface area contributed by atoms with Crippen LogP contribution >= 0.6 is 0 Å². The Morgan fingerprint density at radius 1 is 0.274 bits per heavy atom. The standard InChI is InChI=1S/C82H68N2/c1-53-43-54(2)46-67(45-53)83(79-21-13-17-63-15-9-11-19-69(63)79)65-37-41-73-71-39-31-59(49-75(71)81(5,6)77(73)51-65)25-23-57-27-33-61(34-28-57)62-35-29-58(30-36-62)24-26-60-32-40-72-74-42-38-66(52-78(74)82(7,8)76(72)50-60)84(68-47-55(3)44-56(4)48-68)80-22-14-18-64-16-10-12-20-70(64)80/h9-52H,1-8H3. The van der Waals surface area contributed by atoms with Gasteiger partial charge < -0.3 is 9.80 Å². The molecule has 0 unspecified atom stereocenters. The molecule has 0 amide bonds.